The summed E-state index contributed by atoms with van der Waals surface area (Å²) in [5, 5.41) is 20.9. The summed E-state index contributed by atoms with van der Waals surface area (Å²) in [5.74, 6) is 1.05. The van der Waals surface area contributed by atoms with E-state index in [0.29, 0.717) is 0 Å². The Kier molecular flexibility index (Phi) is 23.8. The van der Waals surface area contributed by atoms with Crippen molar-refractivity contribution in [3.05, 3.63) is 86.7 Å². The van der Waals surface area contributed by atoms with Crippen LogP contribution in [-0.4, -0.2) is 44.7 Å². The van der Waals surface area contributed by atoms with Crippen molar-refractivity contribution in [1.29, 1.82) is 0 Å². The molecule has 1 fully saturated rings. The summed E-state index contributed by atoms with van der Waals surface area (Å²) in [6, 6.07) is 5.85. The highest BCUT2D eigenvalue weighted by atomic mass is 32.1. The first-order chi connectivity index (χ1) is 25.4. The molecule has 5 heterocycles. The lowest BCUT2D eigenvalue weighted by Crippen LogP contribution is -2.13. The summed E-state index contributed by atoms with van der Waals surface area (Å²) >= 11 is 4.80. The fraction of sp³-hybridized carbons (Fsp3) is 0.651. The second-order valence-electron chi connectivity index (χ2n) is 18.2. The minimum Gasteiger partial charge on any atom is -0.249 e. The van der Waals surface area contributed by atoms with Crippen LogP contribution >= 0.6 is 34.2 Å². The molecule has 55 heavy (non-hydrogen) atoms. The van der Waals surface area contributed by atoms with Crippen LogP contribution in [0, 0.1) is 5.92 Å². The summed E-state index contributed by atoms with van der Waals surface area (Å²) in [7, 11) is 0. The van der Waals surface area contributed by atoms with Crippen LogP contribution in [0.1, 0.15) is 177 Å². The van der Waals surface area contributed by atoms with E-state index in [2.05, 4.69) is 155 Å². The molecular formula is C43H73N9S3. The number of nitrogens with zero attached hydrogens (tertiary/aromatic N) is 9. The molecule has 0 unspecified atom stereocenters. The van der Waals surface area contributed by atoms with E-state index in [1.165, 1.54) is 42.2 Å². The standard InChI is InChI=1S/2C8H12N2.C7H11NS.2C6H10N2S.C6H12.C2H6/c1-8(2,3)7-4-5-9-6-10-7;1-8(2,3)7-5-4-6-9-10-7;1-7(2,3)6-8-4-5-9-6;1-6(2,3)5-8-7-4-9-5;1-6(2,3)5-7-4-8-9-5;1-6-4-2-3-5-6;1-2/h2*4-6H,1-3H3;4-5H,1-3H3;2*4H,1-3H3;6H,2-5H2,1H3;1-2H3. The Hall–Kier alpha value is -3.09. The van der Waals surface area contributed by atoms with Gasteiger partial charge in [0.15, 0.2) is 0 Å². The Morgan fingerprint density at radius 3 is 1.36 bits per heavy atom. The first-order valence-electron chi connectivity index (χ1n) is 19.4. The highest BCUT2D eigenvalue weighted by Gasteiger charge is 2.18. The molecule has 6 rings (SSSR count). The second kappa shape index (κ2) is 25.2. The molecule has 1 aliphatic rings. The maximum Gasteiger partial charge on any atom is 0.129 e. The van der Waals surface area contributed by atoms with Crippen LogP contribution in [-0.2, 0) is 27.1 Å². The topological polar surface area (TPSA) is 116 Å². The third-order valence-corrected chi connectivity index (χ3v) is 10.8. The van der Waals surface area contributed by atoms with Crippen molar-refractivity contribution in [2.75, 3.05) is 0 Å². The fourth-order valence-corrected chi connectivity index (χ4v) is 6.09. The van der Waals surface area contributed by atoms with Crippen molar-refractivity contribution in [3.63, 3.8) is 0 Å². The third kappa shape index (κ3) is 24.2. The maximum atomic E-state index is 4.21. The van der Waals surface area contributed by atoms with Crippen molar-refractivity contribution in [2.45, 2.75) is 177 Å². The summed E-state index contributed by atoms with van der Waals surface area (Å²) in [5.41, 5.74) is 4.71. The lowest BCUT2D eigenvalue weighted by molar-refractivity contribution is 0.558. The predicted octanol–water partition coefficient (Wildman–Crippen LogP) is 12.9. The van der Waals surface area contributed by atoms with E-state index < -0.39 is 0 Å². The van der Waals surface area contributed by atoms with Crippen LogP contribution in [0.25, 0.3) is 0 Å². The minimum atomic E-state index is 0.119. The molecule has 0 saturated heterocycles. The number of rotatable bonds is 0. The Balaban J connectivity index is 0.000000633. The molecule has 0 atom stereocenters. The molecule has 308 valence electrons. The summed E-state index contributed by atoms with van der Waals surface area (Å²) in [6.45, 7) is 38.4. The van der Waals surface area contributed by atoms with Gasteiger partial charge in [-0.1, -0.05) is 150 Å². The zero-order valence-electron chi connectivity index (χ0n) is 37.4. The first-order valence-corrected chi connectivity index (χ1v) is 21.9. The van der Waals surface area contributed by atoms with Crippen molar-refractivity contribution >= 4 is 34.2 Å². The lowest BCUT2D eigenvalue weighted by atomic mass is 9.92. The predicted molar refractivity (Wildman–Crippen MR) is 238 cm³/mol. The molecular weight excluding hydrogens is 739 g/mol. The first kappa shape index (κ1) is 51.9. The molecule has 1 saturated carbocycles. The van der Waals surface area contributed by atoms with E-state index in [9.17, 15) is 0 Å². The van der Waals surface area contributed by atoms with Crippen molar-refractivity contribution in [2.24, 2.45) is 5.92 Å². The smallest absolute Gasteiger partial charge is 0.129 e. The summed E-state index contributed by atoms with van der Waals surface area (Å²) in [4.78, 5) is 16.3. The van der Waals surface area contributed by atoms with E-state index in [1.54, 1.807) is 53.2 Å². The Labute approximate surface area is 347 Å². The number of hydrogen-bond donors (Lipinski definition) is 0. The zero-order chi connectivity index (χ0) is 42.3. The molecule has 5 aromatic heterocycles. The normalized spacial score (nSPS) is 12.9. The molecule has 0 aromatic carbocycles. The van der Waals surface area contributed by atoms with Gasteiger partial charge in [-0.2, -0.15) is 14.6 Å². The fourth-order valence-electron chi connectivity index (χ4n) is 4.16. The van der Waals surface area contributed by atoms with Gasteiger partial charge in [0, 0.05) is 56.7 Å². The Bertz CT molecular complexity index is 1410. The molecule has 12 heteroatoms. The van der Waals surface area contributed by atoms with Crippen molar-refractivity contribution in [3.8, 4) is 0 Å². The van der Waals surface area contributed by atoms with Gasteiger partial charge in [0.25, 0.3) is 0 Å². The Morgan fingerprint density at radius 1 is 0.545 bits per heavy atom. The molecule has 5 aromatic rings. The summed E-state index contributed by atoms with van der Waals surface area (Å²) < 4.78 is 3.92. The largest absolute Gasteiger partial charge is 0.249 e. The number of thiazole rings is 1. The van der Waals surface area contributed by atoms with E-state index in [0.717, 1.165) is 27.3 Å². The van der Waals surface area contributed by atoms with Gasteiger partial charge in [-0.05, 0) is 35.6 Å². The minimum absolute atomic E-state index is 0.119. The molecule has 0 N–H and O–H groups in total. The number of hydrogen-bond acceptors (Lipinski definition) is 12. The molecule has 0 aliphatic heterocycles. The van der Waals surface area contributed by atoms with Crippen molar-refractivity contribution in [1.82, 2.24) is 44.7 Å². The van der Waals surface area contributed by atoms with Crippen LogP contribution in [0.2, 0.25) is 0 Å². The summed E-state index contributed by atoms with van der Waals surface area (Å²) in [6.07, 6.45) is 14.4. The van der Waals surface area contributed by atoms with Gasteiger partial charge in [0.1, 0.15) is 28.2 Å². The molecule has 0 amide bonds. The van der Waals surface area contributed by atoms with E-state index >= 15 is 0 Å². The SMILES string of the molecule is CC.CC(C)(C)c1cccnn1.CC(C)(C)c1ccncn1.CC(C)(C)c1nccs1.CC(C)(C)c1ncns1.CC(C)(C)c1nncs1.CC1CCCC1. The Morgan fingerprint density at radius 2 is 1.13 bits per heavy atom. The molecule has 9 nitrogen and oxygen atoms in total. The molecule has 0 spiro atoms. The van der Waals surface area contributed by atoms with Crippen LogP contribution < -0.4 is 0 Å². The van der Waals surface area contributed by atoms with E-state index in [-0.39, 0.29) is 27.1 Å². The van der Waals surface area contributed by atoms with Gasteiger partial charge < -0.3 is 0 Å². The van der Waals surface area contributed by atoms with Gasteiger partial charge in [0.05, 0.1) is 10.7 Å². The highest BCUT2D eigenvalue weighted by Crippen LogP contribution is 2.25. The quantitative estimate of drug-likeness (QED) is 0.151. The highest BCUT2D eigenvalue weighted by molar-refractivity contribution is 7.09. The molecule has 1 aliphatic carbocycles. The second-order valence-corrected chi connectivity index (χ2v) is 20.7. The van der Waals surface area contributed by atoms with E-state index in [4.69, 9.17) is 0 Å². The molecule has 0 bridgehead atoms. The average Bonchev–Trinajstić information content (AvgIpc) is 3.94. The van der Waals surface area contributed by atoms with Gasteiger partial charge in [0.2, 0.25) is 0 Å². The van der Waals surface area contributed by atoms with Gasteiger partial charge in [-0.15, -0.1) is 32.9 Å². The number of aromatic nitrogens is 9. The third-order valence-electron chi connectivity index (χ3n) is 7.41. The van der Waals surface area contributed by atoms with Crippen LogP contribution in [0.5, 0.6) is 0 Å². The van der Waals surface area contributed by atoms with Gasteiger partial charge >= 0.3 is 0 Å². The van der Waals surface area contributed by atoms with Crippen molar-refractivity contribution < 1.29 is 0 Å². The monoisotopic (exact) mass is 812 g/mol. The van der Waals surface area contributed by atoms with Crippen LogP contribution in [0.15, 0.2) is 60.3 Å². The van der Waals surface area contributed by atoms with Crippen LogP contribution in [0.4, 0.5) is 0 Å². The van der Waals surface area contributed by atoms with Crippen LogP contribution in [0.3, 0.4) is 0 Å². The zero-order valence-corrected chi connectivity index (χ0v) is 39.9. The van der Waals surface area contributed by atoms with Gasteiger partial charge in [-0.3, -0.25) is 0 Å². The lowest BCUT2D eigenvalue weighted by Gasteiger charge is -2.16. The molecule has 0 radical (unpaired) electrons. The average molecular weight is 812 g/mol. The maximum absolute atomic E-state index is 4.21. The van der Waals surface area contributed by atoms with E-state index in [1.807, 2.05) is 43.6 Å². The van der Waals surface area contributed by atoms with Gasteiger partial charge in [-0.25, -0.2) is 19.9 Å².